The monoisotopic (exact) mass is 255 g/mol. The first-order valence-electron chi connectivity index (χ1n) is 6.69. The van der Waals surface area contributed by atoms with Gasteiger partial charge in [0.15, 0.2) is 0 Å². The second kappa shape index (κ2) is 5.72. The standard InChI is InChI=1S/C14H25NO3/c1-10(8-14(2,3)4)7-12(16)15-6-5-11(9-15)13(17)18/h10-11H,5-9H2,1-4H3,(H,17,18). The van der Waals surface area contributed by atoms with Gasteiger partial charge in [0.25, 0.3) is 0 Å². The minimum absolute atomic E-state index is 0.107. The van der Waals surface area contributed by atoms with Gasteiger partial charge in [-0.2, -0.15) is 0 Å². The summed E-state index contributed by atoms with van der Waals surface area (Å²) in [5.41, 5.74) is 0.230. The lowest BCUT2D eigenvalue weighted by Gasteiger charge is -2.24. The van der Waals surface area contributed by atoms with E-state index in [9.17, 15) is 9.59 Å². The minimum atomic E-state index is -0.784. The van der Waals surface area contributed by atoms with Crippen molar-refractivity contribution in [3.05, 3.63) is 0 Å². The SMILES string of the molecule is CC(CC(=O)N1CCC(C(=O)O)C1)CC(C)(C)C. The normalized spacial score (nSPS) is 22.0. The molecule has 18 heavy (non-hydrogen) atoms. The number of hydrogen-bond donors (Lipinski definition) is 1. The number of amides is 1. The van der Waals surface area contributed by atoms with Gasteiger partial charge in [0.1, 0.15) is 0 Å². The third-order valence-electron chi connectivity index (χ3n) is 3.37. The predicted molar refractivity (Wildman–Crippen MR) is 70.2 cm³/mol. The lowest BCUT2D eigenvalue weighted by molar-refractivity contribution is -0.141. The van der Waals surface area contributed by atoms with Crippen LogP contribution in [0.1, 0.15) is 47.0 Å². The number of carboxylic acids is 1. The van der Waals surface area contributed by atoms with Crippen LogP contribution in [0.4, 0.5) is 0 Å². The van der Waals surface area contributed by atoms with E-state index in [0.717, 1.165) is 6.42 Å². The largest absolute Gasteiger partial charge is 0.481 e. The van der Waals surface area contributed by atoms with E-state index in [1.807, 2.05) is 0 Å². The van der Waals surface area contributed by atoms with Crippen molar-refractivity contribution in [3.8, 4) is 0 Å². The summed E-state index contributed by atoms with van der Waals surface area (Å²) >= 11 is 0. The zero-order valence-electron chi connectivity index (χ0n) is 11.9. The fraction of sp³-hybridized carbons (Fsp3) is 0.857. The van der Waals surface area contributed by atoms with Crippen LogP contribution in [0.5, 0.6) is 0 Å². The highest BCUT2D eigenvalue weighted by molar-refractivity contribution is 5.78. The lowest BCUT2D eigenvalue weighted by atomic mass is 9.84. The summed E-state index contributed by atoms with van der Waals surface area (Å²) in [5.74, 6) is -0.697. The van der Waals surface area contributed by atoms with Crippen molar-refractivity contribution < 1.29 is 14.7 Å². The summed E-state index contributed by atoms with van der Waals surface area (Å²) in [6.45, 7) is 9.58. The number of carboxylic acid groups (broad SMARTS) is 1. The average molecular weight is 255 g/mol. The first-order chi connectivity index (χ1) is 8.19. The Balaban J connectivity index is 2.40. The second-order valence-electron chi connectivity index (χ2n) is 6.74. The summed E-state index contributed by atoms with van der Waals surface area (Å²) in [4.78, 5) is 24.6. The van der Waals surface area contributed by atoms with E-state index in [2.05, 4.69) is 27.7 Å². The molecular formula is C14H25NO3. The van der Waals surface area contributed by atoms with Crippen LogP contribution in [0.3, 0.4) is 0 Å². The number of nitrogens with zero attached hydrogens (tertiary/aromatic N) is 1. The molecule has 0 bridgehead atoms. The van der Waals surface area contributed by atoms with Crippen molar-refractivity contribution in [1.29, 1.82) is 0 Å². The first kappa shape index (κ1) is 15.0. The molecule has 0 radical (unpaired) electrons. The van der Waals surface area contributed by atoms with E-state index in [-0.39, 0.29) is 17.2 Å². The van der Waals surface area contributed by atoms with Crippen LogP contribution < -0.4 is 0 Å². The van der Waals surface area contributed by atoms with Crippen LogP contribution in [0.15, 0.2) is 0 Å². The molecule has 1 fully saturated rings. The fourth-order valence-corrected chi connectivity index (χ4v) is 2.73. The van der Waals surface area contributed by atoms with Gasteiger partial charge in [0.2, 0.25) is 5.91 Å². The topological polar surface area (TPSA) is 57.6 Å². The molecular weight excluding hydrogens is 230 g/mol. The summed E-state index contributed by atoms with van der Waals surface area (Å²) in [6.07, 6.45) is 2.13. The summed E-state index contributed by atoms with van der Waals surface area (Å²) < 4.78 is 0. The number of rotatable bonds is 4. The van der Waals surface area contributed by atoms with Gasteiger partial charge in [0, 0.05) is 19.5 Å². The van der Waals surface area contributed by atoms with Crippen molar-refractivity contribution in [1.82, 2.24) is 4.90 Å². The second-order valence-corrected chi connectivity index (χ2v) is 6.74. The number of carbonyl (C=O) groups excluding carboxylic acids is 1. The Morgan fingerprint density at radius 3 is 2.44 bits per heavy atom. The van der Waals surface area contributed by atoms with E-state index < -0.39 is 5.97 Å². The number of likely N-dealkylation sites (tertiary alicyclic amines) is 1. The Kier molecular flexibility index (Phi) is 4.77. The summed E-state index contributed by atoms with van der Waals surface area (Å²) in [6, 6.07) is 0. The molecule has 2 atom stereocenters. The van der Waals surface area contributed by atoms with Crippen molar-refractivity contribution in [2.45, 2.75) is 47.0 Å². The van der Waals surface area contributed by atoms with Gasteiger partial charge < -0.3 is 10.0 Å². The lowest BCUT2D eigenvalue weighted by Crippen LogP contribution is -2.31. The minimum Gasteiger partial charge on any atom is -0.481 e. The zero-order valence-corrected chi connectivity index (χ0v) is 11.9. The van der Waals surface area contributed by atoms with Crippen LogP contribution in [0.25, 0.3) is 0 Å². The Morgan fingerprint density at radius 2 is 2.00 bits per heavy atom. The van der Waals surface area contributed by atoms with Gasteiger partial charge in [-0.1, -0.05) is 27.7 Å². The van der Waals surface area contributed by atoms with E-state index >= 15 is 0 Å². The van der Waals surface area contributed by atoms with Crippen molar-refractivity contribution in [2.75, 3.05) is 13.1 Å². The van der Waals surface area contributed by atoms with Gasteiger partial charge in [0.05, 0.1) is 5.92 Å². The molecule has 0 aromatic heterocycles. The van der Waals surface area contributed by atoms with Crippen LogP contribution >= 0.6 is 0 Å². The molecule has 1 rings (SSSR count). The summed E-state index contributed by atoms with van der Waals surface area (Å²) in [5, 5.41) is 8.91. The van der Waals surface area contributed by atoms with Crippen molar-refractivity contribution in [3.63, 3.8) is 0 Å². The van der Waals surface area contributed by atoms with Crippen LogP contribution in [-0.2, 0) is 9.59 Å². The van der Waals surface area contributed by atoms with Crippen LogP contribution in [0.2, 0.25) is 0 Å². The fourth-order valence-electron chi connectivity index (χ4n) is 2.73. The van der Waals surface area contributed by atoms with Gasteiger partial charge in [-0.15, -0.1) is 0 Å². The average Bonchev–Trinajstić information content (AvgIpc) is 2.62. The molecule has 1 N–H and O–H groups in total. The van der Waals surface area contributed by atoms with E-state index in [0.29, 0.717) is 31.8 Å². The highest BCUT2D eigenvalue weighted by Crippen LogP contribution is 2.27. The molecule has 0 aromatic carbocycles. The molecule has 0 aliphatic carbocycles. The smallest absolute Gasteiger partial charge is 0.308 e. The Morgan fingerprint density at radius 1 is 1.39 bits per heavy atom. The molecule has 1 heterocycles. The quantitative estimate of drug-likeness (QED) is 0.839. The first-order valence-corrected chi connectivity index (χ1v) is 6.69. The third-order valence-corrected chi connectivity index (χ3v) is 3.37. The molecule has 1 amide bonds. The molecule has 1 aliphatic heterocycles. The number of carbonyl (C=O) groups is 2. The van der Waals surface area contributed by atoms with E-state index in [1.54, 1.807) is 4.90 Å². The Labute approximate surface area is 109 Å². The maximum absolute atomic E-state index is 12.0. The predicted octanol–water partition coefficient (Wildman–Crippen LogP) is 2.38. The molecule has 0 saturated carbocycles. The molecule has 1 aliphatic rings. The highest BCUT2D eigenvalue weighted by Gasteiger charge is 2.31. The van der Waals surface area contributed by atoms with Crippen LogP contribution in [0, 0.1) is 17.3 Å². The van der Waals surface area contributed by atoms with Gasteiger partial charge in [-0.05, 0) is 24.2 Å². The summed E-state index contributed by atoms with van der Waals surface area (Å²) in [7, 11) is 0. The Bertz CT molecular complexity index is 319. The van der Waals surface area contributed by atoms with Crippen molar-refractivity contribution >= 4 is 11.9 Å². The zero-order chi connectivity index (χ0) is 13.9. The molecule has 1 saturated heterocycles. The highest BCUT2D eigenvalue weighted by atomic mass is 16.4. The van der Waals surface area contributed by atoms with Gasteiger partial charge in [-0.25, -0.2) is 0 Å². The van der Waals surface area contributed by atoms with Gasteiger partial charge >= 0.3 is 5.97 Å². The number of aliphatic carboxylic acids is 1. The van der Waals surface area contributed by atoms with Crippen LogP contribution in [-0.4, -0.2) is 35.0 Å². The van der Waals surface area contributed by atoms with E-state index in [1.165, 1.54) is 0 Å². The Hall–Kier alpha value is -1.06. The molecule has 4 heteroatoms. The maximum atomic E-state index is 12.0. The maximum Gasteiger partial charge on any atom is 0.308 e. The molecule has 104 valence electrons. The molecule has 0 aromatic rings. The molecule has 4 nitrogen and oxygen atoms in total. The number of hydrogen-bond acceptors (Lipinski definition) is 2. The third kappa shape index (κ3) is 4.67. The van der Waals surface area contributed by atoms with E-state index in [4.69, 9.17) is 5.11 Å². The molecule has 2 unspecified atom stereocenters. The molecule has 0 spiro atoms. The van der Waals surface area contributed by atoms with Crippen molar-refractivity contribution in [2.24, 2.45) is 17.3 Å². The van der Waals surface area contributed by atoms with Gasteiger partial charge in [-0.3, -0.25) is 9.59 Å².